The van der Waals surface area contributed by atoms with Crippen LogP contribution in [-0.4, -0.2) is 21.0 Å². The second-order valence-electron chi connectivity index (χ2n) is 5.24. The van der Waals surface area contributed by atoms with E-state index in [0.717, 1.165) is 22.5 Å². The highest BCUT2D eigenvalue weighted by Gasteiger charge is 2.18. The molecule has 0 aliphatic rings. The molecule has 2 aromatic heterocycles. The van der Waals surface area contributed by atoms with E-state index >= 15 is 0 Å². The summed E-state index contributed by atoms with van der Waals surface area (Å²) in [6.07, 6.45) is 3.57. The Labute approximate surface area is 136 Å². The fourth-order valence-electron chi connectivity index (χ4n) is 2.39. The minimum Gasteiger partial charge on any atom is -0.477 e. The summed E-state index contributed by atoms with van der Waals surface area (Å²) in [6, 6.07) is 7.93. The minimum absolute atomic E-state index is 0.151. The van der Waals surface area contributed by atoms with Gasteiger partial charge in [0.1, 0.15) is 15.5 Å². The van der Waals surface area contributed by atoms with Gasteiger partial charge in [0.25, 0.3) is 5.56 Å². The standard InChI is InChI=1S/C17H14N2O3S/c1-9-4-3-5-11(8-9)6-7-12-18-15(20)13-10(2)14(17(21)22)23-16(13)19-12/h3-8H,1-2H3,(H,21,22)(H,18,19,20)/b7-6+. The molecule has 0 aliphatic carbocycles. The molecule has 3 aromatic rings. The van der Waals surface area contributed by atoms with E-state index in [1.54, 1.807) is 13.0 Å². The number of benzene rings is 1. The normalized spacial score (nSPS) is 11.4. The molecule has 0 atom stereocenters. The predicted molar refractivity (Wildman–Crippen MR) is 92.0 cm³/mol. The van der Waals surface area contributed by atoms with E-state index in [1.807, 2.05) is 37.3 Å². The summed E-state index contributed by atoms with van der Waals surface area (Å²) in [4.78, 5) is 31.0. The fourth-order valence-corrected chi connectivity index (χ4v) is 3.42. The summed E-state index contributed by atoms with van der Waals surface area (Å²) in [5.41, 5.74) is 2.28. The molecule has 2 heterocycles. The molecule has 2 N–H and O–H groups in total. The number of carbonyl (C=O) groups is 1. The summed E-state index contributed by atoms with van der Waals surface area (Å²) in [6.45, 7) is 3.63. The number of aryl methyl sites for hydroxylation is 2. The van der Waals surface area contributed by atoms with Crippen LogP contribution in [0.4, 0.5) is 0 Å². The largest absolute Gasteiger partial charge is 0.477 e. The monoisotopic (exact) mass is 326 g/mol. The van der Waals surface area contributed by atoms with Crippen LogP contribution in [0.15, 0.2) is 29.1 Å². The average Bonchev–Trinajstić information content (AvgIpc) is 2.83. The number of aromatic amines is 1. The first-order valence-corrected chi connectivity index (χ1v) is 7.79. The maximum absolute atomic E-state index is 12.2. The zero-order chi connectivity index (χ0) is 16.6. The number of rotatable bonds is 3. The van der Waals surface area contributed by atoms with Crippen LogP contribution in [-0.2, 0) is 0 Å². The van der Waals surface area contributed by atoms with Gasteiger partial charge in [0, 0.05) is 0 Å². The van der Waals surface area contributed by atoms with Crippen LogP contribution in [0.5, 0.6) is 0 Å². The van der Waals surface area contributed by atoms with Crippen LogP contribution in [0.25, 0.3) is 22.4 Å². The van der Waals surface area contributed by atoms with Crippen molar-refractivity contribution in [3.8, 4) is 0 Å². The number of fused-ring (bicyclic) bond motifs is 1. The molecule has 0 spiro atoms. The third-order valence-corrected chi connectivity index (χ3v) is 4.66. The number of carboxylic acids is 1. The second-order valence-corrected chi connectivity index (χ2v) is 6.24. The summed E-state index contributed by atoms with van der Waals surface area (Å²) in [5, 5.41) is 9.51. The van der Waals surface area contributed by atoms with Crippen LogP contribution in [0.2, 0.25) is 0 Å². The topological polar surface area (TPSA) is 83.0 Å². The van der Waals surface area contributed by atoms with Gasteiger partial charge in [-0.1, -0.05) is 35.9 Å². The van der Waals surface area contributed by atoms with Crippen molar-refractivity contribution in [2.24, 2.45) is 0 Å². The van der Waals surface area contributed by atoms with Crippen LogP contribution in [0, 0.1) is 13.8 Å². The lowest BCUT2D eigenvalue weighted by molar-refractivity contribution is 0.0701. The molecule has 5 nitrogen and oxygen atoms in total. The maximum Gasteiger partial charge on any atom is 0.346 e. The van der Waals surface area contributed by atoms with Gasteiger partial charge in [-0.05, 0) is 31.1 Å². The molecule has 0 saturated heterocycles. The van der Waals surface area contributed by atoms with Gasteiger partial charge in [-0.3, -0.25) is 4.79 Å². The Hall–Kier alpha value is -2.73. The van der Waals surface area contributed by atoms with E-state index in [1.165, 1.54) is 0 Å². The van der Waals surface area contributed by atoms with Crippen molar-refractivity contribution in [2.75, 3.05) is 0 Å². The van der Waals surface area contributed by atoms with Gasteiger partial charge >= 0.3 is 5.97 Å². The van der Waals surface area contributed by atoms with E-state index in [-0.39, 0.29) is 10.4 Å². The lowest BCUT2D eigenvalue weighted by Crippen LogP contribution is -2.09. The van der Waals surface area contributed by atoms with Crippen molar-refractivity contribution in [3.05, 3.63) is 62.0 Å². The maximum atomic E-state index is 12.2. The molecule has 0 fully saturated rings. The number of nitrogens with one attached hydrogen (secondary N) is 1. The van der Waals surface area contributed by atoms with Gasteiger partial charge < -0.3 is 10.1 Å². The highest BCUT2D eigenvalue weighted by atomic mass is 32.1. The van der Waals surface area contributed by atoms with E-state index in [4.69, 9.17) is 5.11 Å². The number of thiophene rings is 1. The Balaban J connectivity index is 2.06. The quantitative estimate of drug-likeness (QED) is 0.772. The first-order chi connectivity index (χ1) is 11.0. The van der Waals surface area contributed by atoms with Gasteiger partial charge in [-0.2, -0.15) is 0 Å². The van der Waals surface area contributed by atoms with Gasteiger partial charge in [0.15, 0.2) is 0 Å². The number of carboxylic acid groups (broad SMARTS) is 1. The van der Waals surface area contributed by atoms with E-state index in [0.29, 0.717) is 21.6 Å². The number of aromatic carboxylic acids is 1. The molecule has 23 heavy (non-hydrogen) atoms. The molecule has 0 radical (unpaired) electrons. The fraction of sp³-hybridized carbons (Fsp3) is 0.118. The molecule has 0 bridgehead atoms. The molecule has 3 rings (SSSR count). The second kappa shape index (κ2) is 5.81. The Morgan fingerprint density at radius 2 is 2.09 bits per heavy atom. The minimum atomic E-state index is -1.04. The lowest BCUT2D eigenvalue weighted by atomic mass is 10.1. The van der Waals surface area contributed by atoms with Crippen molar-refractivity contribution in [3.63, 3.8) is 0 Å². The van der Waals surface area contributed by atoms with Gasteiger partial charge in [0.05, 0.1) is 5.39 Å². The number of H-pyrrole nitrogens is 1. The Bertz CT molecular complexity index is 999. The zero-order valence-electron chi connectivity index (χ0n) is 12.6. The zero-order valence-corrected chi connectivity index (χ0v) is 13.4. The molecule has 1 aromatic carbocycles. The van der Waals surface area contributed by atoms with Gasteiger partial charge in [-0.15, -0.1) is 11.3 Å². The number of nitrogens with zero attached hydrogens (tertiary/aromatic N) is 1. The molecule has 116 valence electrons. The first-order valence-electron chi connectivity index (χ1n) is 6.97. The number of aromatic nitrogens is 2. The summed E-state index contributed by atoms with van der Waals surface area (Å²) >= 11 is 1.02. The predicted octanol–water partition coefficient (Wildman–Crippen LogP) is 3.47. The molecule has 0 saturated carbocycles. The smallest absolute Gasteiger partial charge is 0.346 e. The van der Waals surface area contributed by atoms with Crippen molar-refractivity contribution in [1.29, 1.82) is 0 Å². The van der Waals surface area contributed by atoms with Crippen LogP contribution >= 0.6 is 11.3 Å². The summed E-state index contributed by atoms with van der Waals surface area (Å²) in [5.74, 6) is -0.635. The van der Waals surface area contributed by atoms with E-state index < -0.39 is 5.97 Å². The molecule has 0 amide bonds. The Kier molecular flexibility index (Phi) is 3.83. The average molecular weight is 326 g/mol. The molecular formula is C17H14N2O3S. The third-order valence-electron chi connectivity index (χ3n) is 3.49. The number of hydrogen-bond acceptors (Lipinski definition) is 4. The van der Waals surface area contributed by atoms with Crippen molar-refractivity contribution < 1.29 is 9.90 Å². The summed E-state index contributed by atoms with van der Waals surface area (Å²) < 4.78 is 0. The molecule has 6 heteroatoms. The lowest BCUT2D eigenvalue weighted by Gasteiger charge is -1.97. The Morgan fingerprint density at radius 3 is 2.78 bits per heavy atom. The van der Waals surface area contributed by atoms with Crippen molar-refractivity contribution in [2.45, 2.75) is 13.8 Å². The summed E-state index contributed by atoms with van der Waals surface area (Å²) in [7, 11) is 0. The van der Waals surface area contributed by atoms with Gasteiger partial charge in [-0.25, -0.2) is 9.78 Å². The van der Waals surface area contributed by atoms with Gasteiger partial charge in [0.2, 0.25) is 0 Å². The molecule has 0 aliphatic heterocycles. The van der Waals surface area contributed by atoms with E-state index in [2.05, 4.69) is 9.97 Å². The first kappa shape index (κ1) is 15.2. The molecular weight excluding hydrogens is 312 g/mol. The van der Waals surface area contributed by atoms with Crippen LogP contribution in [0.1, 0.15) is 32.2 Å². The van der Waals surface area contributed by atoms with Crippen molar-refractivity contribution >= 4 is 39.7 Å². The Morgan fingerprint density at radius 1 is 1.30 bits per heavy atom. The van der Waals surface area contributed by atoms with E-state index in [9.17, 15) is 9.59 Å². The van der Waals surface area contributed by atoms with Crippen molar-refractivity contribution in [1.82, 2.24) is 9.97 Å². The highest BCUT2D eigenvalue weighted by Crippen LogP contribution is 2.26. The van der Waals surface area contributed by atoms with Crippen LogP contribution < -0.4 is 5.56 Å². The number of hydrogen-bond donors (Lipinski definition) is 2. The SMILES string of the molecule is Cc1cccc(/C=C/c2nc3sc(C(=O)O)c(C)c3c(=O)[nH]2)c1. The third kappa shape index (κ3) is 2.93. The van der Waals surface area contributed by atoms with Crippen LogP contribution in [0.3, 0.4) is 0 Å². The molecule has 0 unspecified atom stereocenters. The highest BCUT2D eigenvalue weighted by molar-refractivity contribution is 7.20.